The molecule has 0 bridgehead atoms. The third kappa shape index (κ3) is 4.39. The molecule has 27 heavy (non-hydrogen) atoms. The summed E-state index contributed by atoms with van der Waals surface area (Å²) in [7, 11) is 1.54. The van der Waals surface area contributed by atoms with Gasteiger partial charge >= 0.3 is 6.09 Å². The van der Waals surface area contributed by atoms with Crippen molar-refractivity contribution in [2.75, 3.05) is 13.6 Å². The van der Waals surface area contributed by atoms with E-state index >= 15 is 0 Å². The zero-order valence-electron chi connectivity index (χ0n) is 16.0. The van der Waals surface area contributed by atoms with Gasteiger partial charge < -0.3 is 19.7 Å². The fourth-order valence-corrected chi connectivity index (χ4v) is 2.89. The molecular weight excluding hydrogens is 344 g/mol. The van der Waals surface area contributed by atoms with Gasteiger partial charge in [-0.15, -0.1) is 0 Å². The monoisotopic (exact) mass is 368 g/mol. The standard InChI is InChI=1S/C21H24N2O4/c1-21(2,3)27-20(25)23(4)13-18(24)22-19-14-9-5-7-11-16(14)26-17-12-8-6-10-15(17)19/h5-12,19H,13H2,1-4H3,(H,22,24). The average Bonchev–Trinajstić information content (AvgIpc) is 2.60. The van der Waals surface area contributed by atoms with Crippen molar-refractivity contribution in [1.82, 2.24) is 10.2 Å². The highest BCUT2D eigenvalue weighted by atomic mass is 16.6. The van der Waals surface area contributed by atoms with Gasteiger partial charge in [-0.2, -0.15) is 0 Å². The van der Waals surface area contributed by atoms with E-state index in [-0.39, 0.29) is 18.5 Å². The average molecular weight is 368 g/mol. The maximum Gasteiger partial charge on any atom is 0.410 e. The Morgan fingerprint density at radius 3 is 2.07 bits per heavy atom. The molecule has 2 aromatic rings. The zero-order chi connectivity index (χ0) is 19.6. The molecule has 0 aromatic heterocycles. The summed E-state index contributed by atoms with van der Waals surface area (Å²) in [4.78, 5) is 26.0. The Bertz CT molecular complexity index is 812. The van der Waals surface area contributed by atoms with Crippen molar-refractivity contribution >= 4 is 12.0 Å². The fraction of sp³-hybridized carbons (Fsp3) is 0.333. The summed E-state index contributed by atoms with van der Waals surface area (Å²) in [6, 6.07) is 14.8. The predicted octanol–water partition coefficient (Wildman–Crippen LogP) is 3.86. The van der Waals surface area contributed by atoms with E-state index in [1.165, 1.54) is 4.90 Å². The van der Waals surface area contributed by atoms with E-state index in [1.807, 2.05) is 48.5 Å². The minimum atomic E-state index is -0.611. The lowest BCUT2D eigenvalue weighted by Gasteiger charge is -2.29. The summed E-state index contributed by atoms with van der Waals surface area (Å²) in [5.41, 5.74) is 1.15. The minimum Gasteiger partial charge on any atom is -0.457 e. The van der Waals surface area contributed by atoms with Crippen LogP contribution >= 0.6 is 0 Å². The summed E-state index contributed by atoms with van der Waals surface area (Å²) in [6.45, 7) is 5.26. The number of carbonyl (C=O) groups is 2. The fourth-order valence-electron chi connectivity index (χ4n) is 2.89. The Morgan fingerprint density at radius 2 is 1.56 bits per heavy atom. The summed E-state index contributed by atoms with van der Waals surface area (Å²) in [5.74, 6) is 1.14. The first-order valence-electron chi connectivity index (χ1n) is 8.84. The Morgan fingerprint density at radius 1 is 1.04 bits per heavy atom. The SMILES string of the molecule is CN(CC(=O)NC1c2ccccc2Oc2ccccc21)C(=O)OC(C)(C)C. The number of carbonyl (C=O) groups excluding carboxylic acids is 2. The maximum absolute atomic E-state index is 12.6. The zero-order valence-corrected chi connectivity index (χ0v) is 16.0. The van der Waals surface area contributed by atoms with Crippen LogP contribution in [0.15, 0.2) is 48.5 Å². The smallest absolute Gasteiger partial charge is 0.410 e. The molecule has 0 saturated carbocycles. The Kier molecular flexibility index (Phi) is 5.08. The van der Waals surface area contributed by atoms with Crippen molar-refractivity contribution < 1.29 is 19.1 Å². The van der Waals surface area contributed by atoms with Crippen molar-refractivity contribution in [3.63, 3.8) is 0 Å². The molecule has 1 N–H and O–H groups in total. The van der Waals surface area contributed by atoms with E-state index in [9.17, 15) is 9.59 Å². The molecule has 2 aromatic carbocycles. The summed E-state index contributed by atoms with van der Waals surface area (Å²) in [6.07, 6.45) is -0.537. The molecule has 1 aliphatic heterocycles. The van der Waals surface area contributed by atoms with Gasteiger partial charge in [-0.25, -0.2) is 4.79 Å². The second kappa shape index (κ2) is 7.31. The van der Waals surface area contributed by atoms with E-state index in [1.54, 1.807) is 27.8 Å². The highest BCUT2D eigenvalue weighted by Crippen LogP contribution is 2.42. The van der Waals surface area contributed by atoms with Gasteiger partial charge in [0.25, 0.3) is 0 Å². The van der Waals surface area contributed by atoms with Crippen LogP contribution in [0.25, 0.3) is 0 Å². The highest BCUT2D eigenvalue weighted by molar-refractivity contribution is 5.83. The summed E-state index contributed by atoms with van der Waals surface area (Å²) < 4.78 is 11.2. The number of ether oxygens (including phenoxy) is 2. The molecule has 6 heteroatoms. The third-order valence-corrected chi connectivity index (χ3v) is 4.07. The number of benzene rings is 2. The Labute approximate surface area is 159 Å². The van der Waals surface area contributed by atoms with Crippen molar-refractivity contribution in [3.8, 4) is 11.5 Å². The van der Waals surface area contributed by atoms with Gasteiger partial charge in [0.05, 0.1) is 6.04 Å². The van der Waals surface area contributed by atoms with E-state index in [0.29, 0.717) is 11.5 Å². The topological polar surface area (TPSA) is 67.9 Å². The molecular formula is C21H24N2O4. The van der Waals surface area contributed by atoms with Crippen molar-refractivity contribution in [2.45, 2.75) is 32.4 Å². The first-order valence-corrected chi connectivity index (χ1v) is 8.84. The molecule has 0 fully saturated rings. The lowest BCUT2D eigenvalue weighted by molar-refractivity contribution is -0.122. The number of hydrogen-bond acceptors (Lipinski definition) is 4. The first-order chi connectivity index (χ1) is 12.7. The number of nitrogens with zero attached hydrogens (tertiary/aromatic N) is 1. The summed E-state index contributed by atoms with van der Waals surface area (Å²) in [5, 5.41) is 3.01. The van der Waals surface area contributed by atoms with Gasteiger partial charge in [-0.3, -0.25) is 4.79 Å². The van der Waals surface area contributed by atoms with Gasteiger partial charge in [0.15, 0.2) is 0 Å². The van der Waals surface area contributed by atoms with Gasteiger partial charge in [0.1, 0.15) is 23.6 Å². The van der Waals surface area contributed by atoms with Gasteiger partial charge in [-0.05, 0) is 32.9 Å². The van der Waals surface area contributed by atoms with E-state index < -0.39 is 11.7 Å². The molecule has 0 aliphatic carbocycles. The van der Waals surface area contributed by atoms with Gasteiger partial charge in [-0.1, -0.05) is 36.4 Å². The second-order valence-electron chi connectivity index (χ2n) is 7.51. The molecule has 0 spiro atoms. The number of rotatable bonds is 3. The molecule has 0 saturated heterocycles. The third-order valence-electron chi connectivity index (χ3n) is 4.07. The molecule has 3 rings (SSSR count). The van der Waals surface area contributed by atoms with Crippen molar-refractivity contribution in [1.29, 1.82) is 0 Å². The molecule has 1 aliphatic rings. The predicted molar refractivity (Wildman–Crippen MR) is 102 cm³/mol. The van der Waals surface area contributed by atoms with E-state index in [0.717, 1.165) is 11.1 Å². The summed E-state index contributed by atoms with van der Waals surface area (Å²) >= 11 is 0. The highest BCUT2D eigenvalue weighted by Gasteiger charge is 2.29. The van der Waals surface area contributed by atoms with Crippen LogP contribution in [0.4, 0.5) is 4.79 Å². The first kappa shape index (κ1) is 18.8. The van der Waals surface area contributed by atoms with Crippen LogP contribution in [0.1, 0.15) is 37.9 Å². The molecule has 142 valence electrons. The molecule has 2 amide bonds. The molecule has 0 unspecified atom stereocenters. The van der Waals surface area contributed by atoms with Gasteiger partial charge in [0, 0.05) is 18.2 Å². The largest absolute Gasteiger partial charge is 0.457 e. The number of likely N-dealkylation sites (N-methyl/N-ethyl adjacent to an activating group) is 1. The Balaban J connectivity index is 1.75. The molecule has 0 radical (unpaired) electrons. The van der Waals surface area contributed by atoms with Crippen LogP contribution in [0, 0.1) is 0 Å². The van der Waals surface area contributed by atoms with Crippen LogP contribution in [0.5, 0.6) is 11.5 Å². The van der Waals surface area contributed by atoms with Gasteiger partial charge in [0.2, 0.25) is 5.91 Å². The van der Waals surface area contributed by atoms with Crippen LogP contribution < -0.4 is 10.1 Å². The van der Waals surface area contributed by atoms with Crippen LogP contribution in [0.2, 0.25) is 0 Å². The van der Waals surface area contributed by atoms with Crippen molar-refractivity contribution in [2.24, 2.45) is 0 Å². The quantitative estimate of drug-likeness (QED) is 0.893. The number of hydrogen-bond donors (Lipinski definition) is 1. The van der Waals surface area contributed by atoms with Crippen LogP contribution in [-0.4, -0.2) is 36.1 Å². The number of amides is 2. The van der Waals surface area contributed by atoms with Crippen molar-refractivity contribution in [3.05, 3.63) is 59.7 Å². The molecule has 0 atom stereocenters. The number of nitrogens with one attached hydrogen (secondary N) is 1. The normalized spacial score (nSPS) is 13.0. The lowest BCUT2D eigenvalue weighted by Crippen LogP contribution is -2.42. The number of fused-ring (bicyclic) bond motifs is 2. The lowest BCUT2D eigenvalue weighted by atomic mass is 9.94. The van der Waals surface area contributed by atoms with E-state index in [2.05, 4.69) is 5.32 Å². The Hall–Kier alpha value is -3.02. The van der Waals surface area contributed by atoms with Crippen LogP contribution in [0.3, 0.4) is 0 Å². The van der Waals surface area contributed by atoms with Crippen LogP contribution in [-0.2, 0) is 9.53 Å². The van der Waals surface area contributed by atoms with E-state index in [4.69, 9.17) is 9.47 Å². The maximum atomic E-state index is 12.6. The second-order valence-corrected chi connectivity index (χ2v) is 7.51. The molecule has 6 nitrogen and oxygen atoms in total. The number of para-hydroxylation sites is 2. The minimum absolute atomic E-state index is 0.101. The molecule has 1 heterocycles.